The minimum atomic E-state index is -3.27. The van der Waals surface area contributed by atoms with Gasteiger partial charge in [-0.05, 0) is 47.5 Å². The van der Waals surface area contributed by atoms with E-state index in [1.165, 1.54) is 24.3 Å². The highest BCUT2D eigenvalue weighted by Gasteiger charge is 2.10. The Morgan fingerprint density at radius 1 is 0.760 bits per heavy atom. The molecule has 0 radical (unpaired) electrons. The molecule has 0 saturated heterocycles. The van der Waals surface area contributed by atoms with Crippen LogP contribution in [0, 0.1) is 0 Å². The summed E-state index contributed by atoms with van der Waals surface area (Å²) < 4.78 is 22.9. The summed E-state index contributed by atoms with van der Waals surface area (Å²) in [6.07, 6.45) is 1.14. The maximum Gasteiger partial charge on any atom is 0.255 e. The summed E-state index contributed by atoms with van der Waals surface area (Å²) in [7, 11) is -3.27. The van der Waals surface area contributed by atoms with Crippen LogP contribution in [0.4, 0.5) is 5.69 Å². The highest BCUT2D eigenvalue weighted by atomic mass is 32.2. The average Bonchev–Trinajstić information content (AvgIpc) is 2.62. The van der Waals surface area contributed by atoms with Crippen molar-refractivity contribution in [3.63, 3.8) is 0 Å². The van der Waals surface area contributed by atoms with Crippen LogP contribution in [0.1, 0.15) is 10.4 Å². The first kappa shape index (κ1) is 16.9. The van der Waals surface area contributed by atoms with Crippen molar-refractivity contribution in [2.45, 2.75) is 4.90 Å². The van der Waals surface area contributed by atoms with E-state index in [1.54, 1.807) is 0 Å². The van der Waals surface area contributed by atoms with Crippen molar-refractivity contribution in [2.75, 3.05) is 11.6 Å². The highest BCUT2D eigenvalue weighted by Crippen LogP contribution is 2.21. The Hall–Kier alpha value is -2.92. The van der Waals surface area contributed by atoms with Gasteiger partial charge in [0.15, 0.2) is 9.84 Å². The first-order valence-electron chi connectivity index (χ1n) is 7.70. The number of benzene rings is 3. The summed E-state index contributed by atoms with van der Waals surface area (Å²) >= 11 is 0. The standard InChI is InChI=1S/C20H17NO3S/c1-25(23,24)19-13-9-17(10-14-19)20(22)21-18-11-7-16(8-12-18)15-5-3-2-4-6-15/h2-14H,1H3,(H,21,22). The second-order valence-corrected chi connectivity index (χ2v) is 7.71. The van der Waals surface area contributed by atoms with Crippen molar-refractivity contribution in [2.24, 2.45) is 0 Å². The lowest BCUT2D eigenvalue weighted by Crippen LogP contribution is -2.12. The number of sulfone groups is 1. The second-order valence-electron chi connectivity index (χ2n) is 5.69. The molecule has 4 nitrogen and oxygen atoms in total. The van der Waals surface area contributed by atoms with E-state index in [2.05, 4.69) is 5.32 Å². The van der Waals surface area contributed by atoms with E-state index in [9.17, 15) is 13.2 Å². The first-order chi connectivity index (χ1) is 11.9. The Kier molecular flexibility index (Phi) is 4.67. The lowest BCUT2D eigenvalue weighted by molar-refractivity contribution is 0.102. The number of hydrogen-bond donors (Lipinski definition) is 1. The lowest BCUT2D eigenvalue weighted by atomic mass is 10.1. The Morgan fingerprint density at radius 3 is 1.88 bits per heavy atom. The van der Waals surface area contributed by atoms with Gasteiger partial charge in [0.05, 0.1) is 4.90 Å². The van der Waals surface area contributed by atoms with E-state index in [0.29, 0.717) is 11.3 Å². The van der Waals surface area contributed by atoms with E-state index >= 15 is 0 Å². The Bertz CT molecular complexity index is 977. The van der Waals surface area contributed by atoms with Crippen LogP contribution in [-0.2, 0) is 9.84 Å². The van der Waals surface area contributed by atoms with Gasteiger partial charge in [0.25, 0.3) is 5.91 Å². The molecule has 3 rings (SSSR count). The first-order valence-corrected chi connectivity index (χ1v) is 9.59. The number of carbonyl (C=O) groups excluding carboxylic acids is 1. The zero-order valence-electron chi connectivity index (χ0n) is 13.6. The minimum absolute atomic E-state index is 0.191. The predicted molar refractivity (Wildman–Crippen MR) is 99.4 cm³/mol. The van der Waals surface area contributed by atoms with Crippen molar-refractivity contribution >= 4 is 21.4 Å². The summed E-state index contributed by atoms with van der Waals surface area (Å²) in [4.78, 5) is 12.5. The molecule has 126 valence electrons. The number of carbonyl (C=O) groups is 1. The predicted octanol–water partition coefficient (Wildman–Crippen LogP) is 4.01. The molecule has 0 aliphatic rings. The summed E-state index contributed by atoms with van der Waals surface area (Å²) in [5, 5.41) is 2.81. The molecule has 0 heterocycles. The van der Waals surface area contributed by atoms with Gasteiger partial charge in [-0.2, -0.15) is 0 Å². The van der Waals surface area contributed by atoms with Gasteiger partial charge in [-0.15, -0.1) is 0 Å². The highest BCUT2D eigenvalue weighted by molar-refractivity contribution is 7.90. The van der Waals surface area contributed by atoms with Crippen molar-refractivity contribution in [1.82, 2.24) is 0 Å². The van der Waals surface area contributed by atoms with Gasteiger partial charge in [-0.25, -0.2) is 8.42 Å². The van der Waals surface area contributed by atoms with Crippen molar-refractivity contribution < 1.29 is 13.2 Å². The topological polar surface area (TPSA) is 63.2 Å². The molecular formula is C20H17NO3S. The minimum Gasteiger partial charge on any atom is -0.322 e. The molecule has 0 unspecified atom stereocenters. The Labute approximate surface area is 147 Å². The van der Waals surface area contributed by atoms with Crippen LogP contribution in [0.15, 0.2) is 83.8 Å². The number of rotatable bonds is 4. The third-order valence-electron chi connectivity index (χ3n) is 3.79. The molecular weight excluding hydrogens is 334 g/mol. The molecule has 0 aromatic heterocycles. The molecule has 5 heteroatoms. The zero-order valence-corrected chi connectivity index (χ0v) is 14.5. The van der Waals surface area contributed by atoms with E-state index < -0.39 is 9.84 Å². The molecule has 0 atom stereocenters. The fourth-order valence-electron chi connectivity index (χ4n) is 2.43. The molecule has 1 N–H and O–H groups in total. The average molecular weight is 351 g/mol. The fraction of sp³-hybridized carbons (Fsp3) is 0.0500. The van der Waals surface area contributed by atoms with Gasteiger partial charge in [0, 0.05) is 17.5 Å². The molecule has 1 amide bonds. The second kappa shape index (κ2) is 6.91. The lowest BCUT2D eigenvalue weighted by Gasteiger charge is -2.07. The van der Waals surface area contributed by atoms with Crippen LogP contribution in [0.25, 0.3) is 11.1 Å². The zero-order chi connectivity index (χ0) is 17.9. The number of hydrogen-bond acceptors (Lipinski definition) is 3. The third-order valence-corrected chi connectivity index (χ3v) is 4.92. The molecule has 0 bridgehead atoms. The fourth-order valence-corrected chi connectivity index (χ4v) is 3.06. The summed E-state index contributed by atoms with van der Waals surface area (Å²) in [5.74, 6) is -0.285. The van der Waals surface area contributed by atoms with Crippen molar-refractivity contribution in [1.29, 1.82) is 0 Å². The van der Waals surface area contributed by atoms with Crippen LogP contribution in [-0.4, -0.2) is 20.6 Å². The van der Waals surface area contributed by atoms with Gasteiger partial charge in [-0.3, -0.25) is 4.79 Å². The molecule has 0 fully saturated rings. The Morgan fingerprint density at radius 2 is 1.32 bits per heavy atom. The molecule has 0 spiro atoms. The van der Waals surface area contributed by atoms with Crippen molar-refractivity contribution in [3.05, 3.63) is 84.4 Å². The molecule has 3 aromatic carbocycles. The summed E-state index contributed by atoms with van der Waals surface area (Å²) in [5.41, 5.74) is 3.25. The van der Waals surface area contributed by atoms with Gasteiger partial charge in [-0.1, -0.05) is 42.5 Å². The van der Waals surface area contributed by atoms with Crippen LogP contribution in [0.2, 0.25) is 0 Å². The third kappa shape index (κ3) is 4.14. The number of amides is 1. The maximum atomic E-state index is 12.3. The number of anilines is 1. The van der Waals surface area contributed by atoms with Gasteiger partial charge < -0.3 is 5.32 Å². The van der Waals surface area contributed by atoms with Gasteiger partial charge >= 0.3 is 0 Å². The smallest absolute Gasteiger partial charge is 0.255 e. The number of nitrogens with one attached hydrogen (secondary N) is 1. The van der Waals surface area contributed by atoms with Gasteiger partial charge in [0.1, 0.15) is 0 Å². The van der Waals surface area contributed by atoms with Gasteiger partial charge in [0.2, 0.25) is 0 Å². The molecule has 0 saturated carbocycles. The molecule has 0 aliphatic carbocycles. The normalized spacial score (nSPS) is 11.1. The molecule has 3 aromatic rings. The van der Waals surface area contributed by atoms with Crippen LogP contribution >= 0.6 is 0 Å². The maximum absolute atomic E-state index is 12.3. The van der Waals surface area contributed by atoms with E-state index in [4.69, 9.17) is 0 Å². The van der Waals surface area contributed by atoms with E-state index in [1.807, 2.05) is 54.6 Å². The SMILES string of the molecule is CS(=O)(=O)c1ccc(C(=O)Nc2ccc(-c3ccccc3)cc2)cc1. The van der Waals surface area contributed by atoms with Crippen LogP contribution < -0.4 is 5.32 Å². The quantitative estimate of drug-likeness (QED) is 0.772. The van der Waals surface area contributed by atoms with E-state index in [-0.39, 0.29) is 10.8 Å². The van der Waals surface area contributed by atoms with Crippen LogP contribution in [0.3, 0.4) is 0 Å². The largest absolute Gasteiger partial charge is 0.322 e. The van der Waals surface area contributed by atoms with Crippen molar-refractivity contribution in [3.8, 4) is 11.1 Å². The summed E-state index contributed by atoms with van der Waals surface area (Å²) in [6, 6.07) is 23.4. The van der Waals surface area contributed by atoms with Crippen LogP contribution in [0.5, 0.6) is 0 Å². The molecule has 25 heavy (non-hydrogen) atoms. The van der Waals surface area contributed by atoms with E-state index in [0.717, 1.165) is 17.4 Å². The summed E-state index contributed by atoms with van der Waals surface area (Å²) in [6.45, 7) is 0. The monoisotopic (exact) mass is 351 g/mol. The Balaban J connectivity index is 1.73. The molecule has 0 aliphatic heterocycles.